The molecule has 0 radical (unpaired) electrons. The van der Waals surface area contributed by atoms with Gasteiger partial charge in [0.2, 0.25) is 13.3 Å². The first-order valence-corrected chi connectivity index (χ1v) is 11.7. The van der Waals surface area contributed by atoms with Crippen molar-refractivity contribution in [3.8, 4) is 0 Å². The average Bonchev–Trinajstić information content (AvgIpc) is 2.61. The summed E-state index contributed by atoms with van der Waals surface area (Å²) < 4.78 is 25.6. The number of amides is 1. The number of halogens is 2. The third kappa shape index (κ3) is 6.64. The molecule has 2 atom stereocenters. The molecule has 4 nitrogen and oxygen atoms in total. The maximum atomic E-state index is 13.2. The van der Waals surface area contributed by atoms with Crippen LogP contribution >= 0.6 is 30.7 Å². The number of benzene rings is 2. The zero-order valence-electron chi connectivity index (χ0n) is 15.1. The van der Waals surface area contributed by atoms with Gasteiger partial charge in [0.15, 0.2) is 0 Å². The molecule has 0 saturated carbocycles. The Labute approximate surface area is 173 Å². The minimum Gasteiger partial charge on any atom is -0.344 e. The molecule has 2 unspecified atom stereocenters. The molecule has 148 valence electrons. The monoisotopic (exact) mass is 439 g/mol. The summed E-state index contributed by atoms with van der Waals surface area (Å²) in [5.74, 6) is -0.997. The van der Waals surface area contributed by atoms with Crippen LogP contribution in [0.1, 0.15) is 11.1 Å². The lowest BCUT2D eigenvalue weighted by Gasteiger charge is -2.20. The number of hydrogen-bond donors (Lipinski definition) is 2. The van der Waals surface area contributed by atoms with E-state index in [-0.39, 0.29) is 6.42 Å². The number of nitrogens with one attached hydrogen (secondary N) is 1. The number of carbonyl (C=O) groups excluding carboxylic acids is 1. The number of rotatable bonds is 8. The van der Waals surface area contributed by atoms with Crippen molar-refractivity contribution in [2.24, 2.45) is 0 Å². The normalized spacial score (nSPS) is 14.4. The Balaban J connectivity index is 2.20. The van der Waals surface area contributed by atoms with E-state index in [0.717, 1.165) is 11.6 Å². The van der Waals surface area contributed by atoms with E-state index < -0.39 is 24.8 Å². The summed E-state index contributed by atoms with van der Waals surface area (Å²) in [6.45, 7) is 4.82. The first-order chi connectivity index (χ1) is 13.2. The van der Waals surface area contributed by atoms with Crippen molar-refractivity contribution in [1.82, 2.24) is 5.32 Å². The summed E-state index contributed by atoms with van der Waals surface area (Å²) in [6, 6.07) is 11.0. The van der Waals surface area contributed by atoms with E-state index in [2.05, 4.69) is 11.9 Å². The molecule has 0 aliphatic heterocycles. The van der Waals surface area contributed by atoms with Crippen molar-refractivity contribution in [1.29, 1.82) is 0 Å². The Hall–Kier alpha value is -1.85. The predicted molar refractivity (Wildman–Crippen MR) is 114 cm³/mol. The maximum Gasteiger partial charge on any atom is 0.237 e. The summed E-state index contributed by atoms with van der Waals surface area (Å²) in [7, 11) is -3.76. The van der Waals surface area contributed by atoms with Gasteiger partial charge < -0.3 is 10.2 Å². The van der Waals surface area contributed by atoms with E-state index in [4.69, 9.17) is 11.6 Å². The minimum atomic E-state index is -3.76. The summed E-state index contributed by atoms with van der Waals surface area (Å²) in [5, 5.41) is 4.61. The van der Waals surface area contributed by atoms with Gasteiger partial charge in [0.25, 0.3) is 0 Å². The van der Waals surface area contributed by atoms with Crippen LogP contribution in [0.3, 0.4) is 0 Å². The number of hydrogen-bond acceptors (Lipinski definition) is 3. The van der Waals surface area contributed by atoms with Gasteiger partial charge in [0, 0.05) is 22.8 Å². The van der Waals surface area contributed by atoms with E-state index in [1.807, 2.05) is 0 Å². The second kappa shape index (κ2) is 10.1. The highest BCUT2D eigenvalue weighted by molar-refractivity contribution is 8.02. The van der Waals surface area contributed by atoms with Crippen LogP contribution in [0.2, 0.25) is 5.02 Å². The number of thioether (sulfide) groups is 1. The fourth-order valence-corrected chi connectivity index (χ4v) is 4.39. The lowest BCUT2D eigenvalue weighted by molar-refractivity contribution is -0.119. The summed E-state index contributed by atoms with van der Waals surface area (Å²) in [5.41, 5.74) is 0.0788. The first kappa shape index (κ1) is 22.4. The van der Waals surface area contributed by atoms with E-state index >= 15 is 0 Å². The zero-order chi connectivity index (χ0) is 20.7. The van der Waals surface area contributed by atoms with Crippen LogP contribution in [-0.4, -0.2) is 23.1 Å². The van der Waals surface area contributed by atoms with Gasteiger partial charge in [-0.2, -0.15) is 0 Å². The van der Waals surface area contributed by atoms with E-state index in [1.54, 1.807) is 35.7 Å². The molecule has 2 rings (SSSR count). The van der Waals surface area contributed by atoms with Gasteiger partial charge in [-0.05, 0) is 59.4 Å². The highest BCUT2D eigenvalue weighted by atomic mass is 35.5. The minimum absolute atomic E-state index is 0.0423. The van der Waals surface area contributed by atoms with Crippen molar-refractivity contribution >= 4 is 42.7 Å². The third-order valence-electron chi connectivity index (χ3n) is 3.88. The van der Waals surface area contributed by atoms with Crippen molar-refractivity contribution in [3.05, 3.63) is 82.6 Å². The largest absolute Gasteiger partial charge is 0.344 e. The average molecular weight is 440 g/mol. The molecule has 2 N–H and O–H groups in total. The molecular weight excluding hydrogens is 420 g/mol. The topological polar surface area (TPSA) is 66.4 Å². The van der Waals surface area contributed by atoms with E-state index in [1.165, 1.54) is 36.2 Å². The standard InChI is InChI=1S/C20H20ClFNO3PS/c1-3-28-19-8-7-16(21)12-15(19)13-18(27(2,25)26)20(24)23-10-9-14-5-4-6-17(22)11-14/h3-12,18H,1,13H2,2H3,(H,23,24)(H,25,26)/b10-9+. The van der Waals surface area contributed by atoms with Gasteiger partial charge in [-0.15, -0.1) is 0 Å². The lowest BCUT2D eigenvalue weighted by Crippen LogP contribution is -2.33. The first-order valence-electron chi connectivity index (χ1n) is 8.29. The van der Waals surface area contributed by atoms with Crippen LogP contribution in [-0.2, 0) is 15.8 Å². The summed E-state index contributed by atoms with van der Waals surface area (Å²) >= 11 is 7.39. The summed E-state index contributed by atoms with van der Waals surface area (Å²) in [4.78, 5) is 23.5. The third-order valence-corrected chi connectivity index (χ3v) is 6.50. The molecule has 0 spiro atoms. The number of carbonyl (C=O) groups is 1. The van der Waals surface area contributed by atoms with Crippen LogP contribution in [0.25, 0.3) is 6.08 Å². The molecule has 28 heavy (non-hydrogen) atoms. The van der Waals surface area contributed by atoms with Gasteiger partial charge in [-0.1, -0.05) is 42.1 Å². The Kier molecular flexibility index (Phi) is 8.08. The molecule has 2 aromatic rings. The van der Waals surface area contributed by atoms with E-state index in [9.17, 15) is 18.6 Å². The van der Waals surface area contributed by atoms with Gasteiger partial charge in [-0.25, -0.2) is 4.39 Å². The molecule has 2 aromatic carbocycles. The quantitative estimate of drug-likeness (QED) is 0.432. The predicted octanol–water partition coefficient (Wildman–Crippen LogP) is 5.31. The van der Waals surface area contributed by atoms with Crippen LogP contribution in [0.15, 0.2) is 65.5 Å². The van der Waals surface area contributed by atoms with Crippen LogP contribution in [0.4, 0.5) is 4.39 Å². The highest BCUT2D eigenvalue weighted by Gasteiger charge is 2.33. The second-order valence-electron chi connectivity index (χ2n) is 6.10. The molecule has 8 heteroatoms. The molecule has 1 amide bonds. The van der Waals surface area contributed by atoms with Crippen molar-refractivity contribution < 1.29 is 18.6 Å². The van der Waals surface area contributed by atoms with Crippen LogP contribution < -0.4 is 5.32 Å². The Bertz CT molecular complexity index is 945. The Morgan fingerprint density at radius 1 is 1.39 bits per heavy atom. The molecule has 0 saturated heterocycles. The van der Waals surface area contributed by atoms with Gasteiger partial charge in [0.05, 0.1) is 0 Å². The second-order valence-corrected chi connectivity index (χ2v) is 10.1. The van der Waals surface area contributed by atoms with Crippen molar-refractivity contribution in [2.75, 3.05) is 6.66 Å². The van der Waals surface area contributed by atoms with Crippen LogP contribution in [0.5, 0.6) is 0 Å². The molecular formula is C20H20ClFNO3PS. The molecule has 0 bridgehead atoms. The summed E-state index contributed by atoms with van der Waals surface area (Å²) in [6.07, 6.45) is 2.88. The van der Waals surface area contributed by atoms with Crippen molar-refractivity contribution in [2.45, 2.75) is 17.0 Å². The molecule has 0 fully saturated rings. The maximum absolute atomic E-state index is 13.2. The van der Waals surface area contributed by atoms with Crippen LogP contribution in [0, 0.1) is 5.82 Å². The molecule has 0 aliphatic carbocycles. The fourth-order valence-electron chi connectivity index (χ4n) is 2.53. The van der Waals surface area contributed by atoms with E-state index in [0.29, 0.717) is 16.1 Å². The zero-order valence-corrected chi connectivity index (χ0v) is 17.6. The fraction of sp³-hybridized carbons (Fsp3) is 0.150. The molecule has 0 aromatic heterocycles. The Morgan fingerprint density at radius 2 is 2.14 bits per heavy atom. The Morgan fingerprint density at radius 3 is 2.79 bits per heavy atom. The lowest BCUT2D eigenvalue weighted by atomic mass is 10.1. The SMILES string of the molecule is C=CSc1ccc(Cl)cc1CC(C(=O)N/C=C/c1cccc(F)c1)P(C)(=O)O. The smallest absolute Gasteiger partial charge is 0.237 e. The van der Waals surface area contributed by atoms with Gasteiger partial charge in [0.1, 0.15) is 11.5 Å². The highest BCUT2D eigenvalue weighted by Crippen LogP contribution is 2.44. The van der Waals surface area contributed by atoms with Gasteiger partial charge in [-0.3, -0.25) is 9.36 Å². The van der Waals surface area contributed by atoms with Crippen molar-refractivity contribution in [3.63, 3.8) is 0 Å². The van der Waals surface area contributed by atoms with Gasteiger partial charge >= 0.3 is 0 Å². The molecule has 0 heterocycles. The molecule has 0 aliphatic rings.